The Morgan fingerprint density at radius 1 is 0.938 bits per heavy atom. The zero-order valence-corrected chi connectivity index (χ0v) is 18.4. The molecule has 0 unspecified atom stereocenters. The van der Waals surface area contributed by atoms with Crippen LogP contribution < -0.4 is 5.32 Å². The number of aliphatic hydroxyl groups is 1. The highest BCUT2D eigenvalue weighted by atomic mass is 16.3. The second-order valence-electron chi connectivity index (χ2n) is 9.33. The maximum absolute atomic E-state index is 13.4. The Morgan fingerprint density at radius 3 is 2.22 bits per heavy atom. The van der Waals surface area contributed by atoms with Gasteiger partial charge in [-0.05, 0) is 41.4 Å². The second kappa shape index (κ2) is 8.53. The van der Waals surface area contributed by atoms with Crippen LogP contribution in [0.2, 0.25) is 0 Å². The van der Waals surface area contributed by atoms with Gasteiger partial charge in [-0.15, -0.1) is 0 Å². The van der Waals surface area contributed by atoms with Crippen molar-refractivity contribution < 1.29 is 9.90 Å². The summed E-state index contributed by atoms with van der Waals surface area (Å²) < 4.78 is 0. The molecule has 0 bridgehead atoms. The van der Waals surface area contributed by atoms with E-state index in [2.05, 4.69) is 40.5 Å². The van der Waals surface area contributed by atoms with Crippen molar-refractivity contribution in [3.8, 4) is 0 Å². The molecule has 1 saturated heterocycles. The van der Waals surface area contributed by atoms with Gasteiger partial charge in [-0.3, -0.25) is 9.69 Å². The van der Waals surface area contributed by atoms with Crippen LogP contribution in [-0.4, -0.2) is 35.5 Å². The number of nitrogens with zero attached hydrogens (tertiary/aromatic N) is 1. The Bertz CT molecular complexity index is 1070. The highest BCUT2D eigenvalue weighted by Crippen LogP contribution is 2.51. The highest BCUT2D eigenvalue weighted by molar-refractivity contribution is 5.90. The maximum Gasteiger partial charge on any atom is 0.261 e. The summed E-state index contributed by atoms with van der Waals surface area (Å²) in [6.07, 6.45) is 0. The van der Waals surface area contributed by atoms with Gasteiger partial charge in [-0.2, -0.15) is 0 Å². The van der Waals surface area contributed by atoms with Gasteiger partial charge in [0.2, 0.25) is 0 Å². The van der Waals surface area contributed by atoms with Crippen molar-refractivity contribution in [3.05, 3.63) is 107 Å². The smallest absolute Gasteiger partial charge is 0.261 e. The van der Waals surface area contributed by atoms with Crippen LogP contribution >= 0.6 is 0 Å². The molecular weight excluding hydrogens is 396 g/mol. The fourth-order valence-corrected chi connectivity index (χ4v) is 5.33. The molecule has 164 valence electrons. The number of amides is 1. The number of hydrogen-bond donors (Lipinski definition) is 2. The van der Waals surface area contributed by atoms with Gasteiger partial charge in [0.15, 0.2) is 5.60 Å². The minimum absolute atomic E-state index is 0.347. The predicted octanol–water partition coefficient (Wildman–Crippen LogP) is 3.73. The van der Waals surface area contributed by atoms with E-state index < -0.39 is 5.60 Å². The number of carbonyl (C=O) groups is 1. The highest BCUT2D eigenvalue weighted by Gasteiger charge is 2.55. The summed E-state index contributed by atoms with van der Waals surface area (Å²) in [5.41, 5.74) is 1.86. The molecule has 4 atom stereocenters. The Balaban J connectivity index is 1.23. The number of aryl methyl sites for hydroxylation is 1. The maximum atomic E-state index is 13.4. The molecule has 32 heavy (non-hydrogen) atoms. The van der Waals surface area contributed by atoms with Crippen molar-refractivity contribution in [1.29, 1.82) is 0 Å². The van der Waals surface area contributed by atoms with Crippen molar-refractivity contribution in [2.75, 3.05) is 19.6 Å². The van der Waals surface area contributed by atoms with Crippen molar-refractivity contribution >= 4 is 5.91 Å². The van der Waals surface area contributed by atoms with Gasteiger partial charge >= 0.3 is 0 Å². The summed E-state index contributed by atoms with van der Waals surface area (Å²) in [5, 5.41) is 14.8. The van der Waals surface area contributed by atoms with Crippen molar-refractivity contribution in [2.45, 2.75) is 19.1 Å². The molecule has 3 aromatic rings. The lowest BCUT2D eigenvalue weighted by molar-refractivity contribution is -0.136. The van der Waals surface area contributed by atoms with Gasteiger partial charge in [0, 0.05) is 26.2 Å². The van der Waals surface area contributed by atoms with E-state index in [-0.39, 0.29) is 5.91 Å². The normalized spacial score (nSPS) is 23.9. The Labute approximate surface area is 189 Å². The molecule has 1 aliphatic heterocycles. The van der Waals surface area contributed by atoms with Crippen molar-refractivity contribution in [3.63, 3.8) is 0 Å². The molecule has 2 fully saturated rings. The molecule has 1 amide bonds. The first-order chi connectivity index (χ1) is 15.6. The topological polar surface area (TPSA) is 52.6 Å². The lowest BCUT2D eigenvalue weighted by Gasteiger charge is -2.29. The SMILES string of the molecule is Cc1cccc([C@](O)(C(=O)NC[C@@H]2[C@H]3CN(Cc4ccccc4)C[C@@H]23)c2ccccc2)c1. The standard InChI is InChI=1S/C28H30N2O2/c1-20-9-8-14-23(15-20)28(32,22-12-6-3-7-13-22)27(31)29-16-24-25-18-30(19-26(24)25)17-21-10-4-2-5-11-21/h2-15,24-26,32H,16-19H2,1H3,(H,29,31)/t24-,25-,26+,28-/m0/s1. The lowest BCUT2D eigenvalue weighted by atomic mass is 9.84. The number of piperidine rings is 1. The zero-order chi connectivity index (χ0) is 22.1. The number of nitrogens with one attached hydrogen (secondary N) is 1. The fraction of sp³-hybridized carbons (Fsp3) is 0.321. The molecule has 0 spiro atoms. The van der Waals surface area contributed by atoms with Crippen LogP contribution in [-0.2, 0) is 16.9 Å². The molecular formula is C28H30N2O2. The Hall–Kier alpha value is -2.95. The van der Waals surface area contributed by atoms with Gasteiger partial charge < -0.3 is 10.4 Å². The number of rotatable bonds is 7. The molecule has 3 aromatic carbocycles. The van der Waals surface area contributed by atoms with Gasteiger partial charge in [-0.25, -0.2) is 0 Å². The predicted molar refractivity (Wildman–Crippen MR) is 126 cm³/mol. The van der Waals surface area contributed by atoms with Crippen LogP contribution in [0.5, 0.6) is 0 Å². The third kappa shape index (κ3) is 3.96. The van der Waals surface area contributed by atoms with E-state index in [1.165, 1.54) is 5.56 Å². The van der Waals surface area contributed by atoms with E-state index in [1.807, 2.05) is 61.5 Å². The monoisotopic (exact) mass is 426 g/mol. The molecule has 4 nitrogen and oxygen atoms in total. The lowest BCUT2D eigenvalue weighted by Crippen LogP contribution is -2.46. The summed E-state index contributed by atoms with van der Waals surface area (Å²) >= 11 is 0. The van der Waals surface area contributed by atoms with Gasteiger partial charge in [0.25, 0.3) is 5.91 Å². The average molecular weight is 427 g/mol. The average Bonchev–Trinajstić information content (AvgIpc) is 3.28. The molecule has 1 heterocycles. The van der Waals surface area contributed by atoms with E-state index >= 15 is 0 Å². The van der Waals surface area contributed by atoms with Crippen molar-refractivity contribution in [1.82, 2.24) is 10.2 Å². The second-order valence-corrected chi connectivity index (χ2v) is 9.33. The molecule has 5 rings (SSSR count). The van der Waals surface area contributed by atoms with E-state index in [1.54, 1.807) is 0 Å². The quantitative estimate of drug-likeness (QED) is 0.605. The first-order valence-corrected chi connectivity index (χ1v) is 11.5. The van der Waals surface area contributed by atoms with Crippen LogP contribution in [0.3, 0.4) is 0 Å². The van der Waals surface area contributed by atoms with E-state index in [0.717, 1.165) is 25.2 Å². The number of likely N-dealkylation sites (tertiary alicyclic amines) is 1. The van der Waals surface area contributed by atoms with E-state index in [9.17, 15) is 9.90 Å². The molecule has 2 N–H and O–H groups in total. The minimum atomic E-state index is -1.70. The molecule has 0 radical (unpaired) electrons. The van der Waals surface area contributed by atoms with Crippen LogP contribution in [0.1, 0.15) is 22.3 Å². The van der Waals surface area contributed by atoms with E-state index in [0.29, 0.717) is 35.4 Å². The minimum Gasteiger partial charge on any atom is -0.372 e. The summed E-state index contributed by atoms with van der Waals surface area (Å²) in [6, 6.07) is 27.4. The van der Waals surface area contributed by atoms with E-state index in [4.69, 9.17) is 0 Å². The number of hydrogen-bond acceptors (Lipinski definition) is 3. The fourth-order valence-electron chi connectivity index (χ4n) is 5.33. The third-order valence-electron chi connectivity index (χ3n) is 7.15. The van der Waals surface area contributed by atoms with Crippen LogP contribution in [0.25, 0.3) is 0 Å². The molecule has 2 aliphatic rings. The number of carbonyl (C=O) groups excluding carboxylic acids is 1. The zero-order valence-electron chi connectivity index (χ0n) is 18.4. The van der Waals surface area contributed by atoms with Gasteiger partial charge in [-0.1, -0.05) is 90.5 Å². The summed E-state index contributed by atoms with van der Waals surface area (Å²) in [4.78, 5) is 15.9. The Morgan fingerprint density at radius 2 is 1.56 bits per heavy atom. The first-order valence-electron chi connectivity index (χ1n) is 11.5. The Kier molecular flexibility index (Phi) is 5.58. The van der Waals surface area contributed by atoms with Crippen LogP contribution in [0.4, 0.5) is 0 Å². The molecule has 4 heteroatoms. The van der Waals surface area contributed by atoms with Crippen LogP contribution in [0, 0.1) is 24.7 Å². The number of fused-ring (bicyclic) bond motifs is 1. The van der Waals surface area contributed by atoms with Gasteiger partial charge in [0.1, 0.15) is 0 Å². The molecule has 1 aliphatic carbocycles. The first kappa shape index (κ1) is 20.9. The van der Waals surface area contributed by atoms with Crippen LogP contribution in [0.15, 0.2) is 84.9 Å². The number of benzene rings is 3. The summed E-state index contributed by atoms with van der Waals surface area (Å²) in [6.45, 7) is 5.75. The summed E-state index contributed by atoms with van der Waals surface area (Å²) in [5.74, 6) is 1.44. The van der Waals surface area contributed by atoms with Crippen molar-refractivity contribution in [2.24, 2.45) is 17.8 Å². The largest absolute Gasteiger partial charge is 0.372 e. The third-order valence-corrected chi connectivity index (χ3v) is 7.15. The van der Waals surface area contributed by atoms with Gasteiger partial charge in [0.05, 0.1) is 0 Å². The molecule has 1 saturated carbocycles. The summed E-state index contributed by atoms with van der Waals surface area (Å²) in [7, 11) is 0. The molecule has 0 aromatic heterocycles.